The minimum Gasteiger partial charge on any atom is -0.339 e. The number of hydrogen-bond donors (Lipinski definition) is 1. The summed E-state index contributed by atoms with van der Waals surface area (Å²) in [5.41, 5.74) is 3.51. The Hall–Kier alpha value is -1.61. The van der Waals surface area contributed by atoms with Gasteiger partial charge in [-0.2, -0.15) is 0 Å². The number of halogens is 1. The zero-order valence-electron chi connectivity index (χ0n) is 9.16. The SMILES string of the molecule is Cc1ccc(Nc2ccc(Cl)nn2)cc1C. The first kappa shape index (κ1) is 10.9. The highest BCUT2D eigenvalue weighted by Gasteiger charge is 1.99. The van der Waals surface area contributed by atoms with Crippen molar-refractivity contribution in [3.8, 4) is 0 Å². The number of aryl methyl sites for hydroxylation is 2. The molecule has 0 amide bonds. The van der Waals surface area contributed by atoms with Crippen molar-refractivity contribution in [3.63, 3.8) is 0 Å². The quantitative estimate of drug-likeness (QED) is 0.863. The number of nitrogens with one attached hydrogen (secondary N) is 1. The lowest BCUT2D eigenvalue weighted by molar-refractivity contribution is 1.04. The first-order chi connectivity index (χ1) is 7.65. The van der Waals surface area contributed by atoms with E-state index >= 15 is 0 Å². The fraction of sp³-hybridized carbons (Fsp3) is 0.167. The van der Waals surface area contributed by atoms with E-state index < -0.39 is 0 Å². The van der Waals surface area contributed by atoms with Crippen LogP contribution in [0.4, 0.5) is 11.5 Å². The molecule has 82 valence electrons. The summed E-state index contributed by atoms with van der Waals surface area (Å²) in [6.45, 7) is 4.16. The molecule has 1 N–H and O–H groups in total. The molecule has 0 aliphatic carbocycles. The summed E-state index contributed by atoms with van der Waals surface area (Å²) in [4.78, 5) is 0. The van der Waals surface area contributed by atoms with Gasteiger partial charge in [-0.15, -0.1) is 10.2 Å². The average Bonchev–Trinajstić information content (AvgIpc) is 2.27. The first-order valence-electron chi connectivity index (χ1n) is 4.98. The number of benzene rings is 1. The Morgan fingerprint density at radius 1 is 1.00 bits per heavy atom. The molecule has 0 bridgehead atoms. The Kier molecular flexibility index (Phi) is 3.06. The van der Waals surface area contributed by atoms with Gasteiger partial charge in [0.05, 0.1) is 0 Å². The van der Waals surface area contributed by atoms with Gasteiger partial charge in [0.25, 0.3) is 0 Å². The molecule has 0 spiro atoms. The van der Waals surface area contributed by atoms with Crippen molar-refractivity contribution in [3.05, 3.63) is 46.6 Å². The number of rotatable bonds is 2. The molecule has 1 aromatic heterocycles. The van der Waals surface area contributed by atoms with Crippen molar-refractivity contribution < 1.29 is 0 Å². The van der Waals surface area contributed by atoms with E-state index in [1.54, 1.807) is 12.1 Å². The smallest absolute Gasteiger partial charge is 0.153 e. The van der Waals surface area contributed by atoms with Gasteiger partial charge in [0.1, 0.15) is 0 Å². The van der Waals surface area contributed by atoms with E-state index in [1.165, 1.54) is 11.1 Å². The lowest BCUT2D eigenvalue weighted by atomic mass is 10.1. The molecule has 0 radical (unpaired) electrons. The number of anilines is 2. The molecule has 16 heavy (non-hydrogen) atoms. The summed E-state index contributed by atoms with van der Waals surface area (Å²) in [6, 6.07) is 9.66. The molecule has 0 aliphatic heterocycles. The van der Waals surface area contributed by atoms with E-state index in [1.807, 2.05) is 6.07 Å². The second-order valence-electron chi connectivity index (χ2n) is 3.67. The Labute approximate surface area is 99.5 Å². The molecule has 0 fully saturated rings. The summed E-state index contributed by atoms with van der Waals surface area (Å²) in [5, 5.41) is 11.3. The molecule has 1 aromatic carbocycles. The molecule has 1 heterocycles. The first-order valence-corrected chi connectivity index (χ1v) is 5.36. The van der Waals surface area contributed by atoms with Crippen molar-refractivity contribution in [2.75, 3.05) is 5.32 Å². The second kappa shape index (κ2) is 4.49. The van der Waals surface area contributed by atoms with Crippen LogP contribution in [0.25, 0.3) is 0 Å². The van der Waals surface area contributed by atoms with Gasteiger partial charge in [0, 0.05) is 5.69 Å². The Balaban J connectivity index is 2.20. The van der Waals surface area contributed by atoms with Gasteiger partial charge in [-0.25, -0.2) is 0 Å². The molecule has 0 unspecified atom stereocenters. The van der Waals surface area contributed by atoms with Gasteiger partial charge in [0.15, 0.2) is 11.0 Å². The van der Waals surface area contributed by atoms with Gasteiger partial charge in [-0.05, 0) is 49.2 Å². The Bertz CT molecular complexity index is 494. The molecule has 0 atom stereocenters. The van der Waals surface area contributed by atoms with Crippen LogP contribution in [-0.4, -0.2) is 10.2 Å². The third kappa shape index (κ3) is 2.49. The predicted molar refractivity (Wildman–Crippen MR) is 66.2 cm³/mol. The van der Waals surface area contributed by atoms with Crippen LogP contribution < -0.4 is 5.32 Å². The van der Waals surface area contributed by atoms with Gasteiger partial charge < -0.3 is 5.32 Å². The Morgan fingerprint density at radius 3 is 2.44 bits per heavy atom. The van der Waals surface area contributed by atoms with Crippen LogP contribution in [0.5, 0.6) is 0 Å². The molecule has 2 aromatic rings. The van der Waals surface area contributed by atoms with Crippen LogP contribution in [0, 0.1) is 13.8 Å². The van der Waals surface area contributed by atoms with Crippen molar-refractivity contribution in [2.24, 2.45) is 0 Å². The van der Waals surface area contributed by atoms with Crippen LogP contribution in [0.1, 0.15) is 11.1 Å². The highest BCUT2D eigenvalue weighted by Crippen LogP contribution is 2.18. The number of nitrogens with zero attached hydrogens (tertiary/aromatic N) is 2. The topological polar surface area (TPSA) is 37.8 Å². The van der Waals surface area contributed by atoms with Gasteiger partial charge in [-0.1, -0.05) is 17.7 Å². The highest BCUT2D eigenvalue weighted by atomic mass is 35.5. The van der Waals surface area contributed by atoms with Crippen molar-refractivity contribution in [2.45, 2.75) is 13.8 Å². The third-order valence-corrected chi connectivity index (χ3v) is 2.61. The fourth-order valence-electron chi connectivity index (χ4n) is 1.35. The fourth-order valence-corrected chi connectivity index (χ4v) is 1.45. The molecule has 0 saturated carbocycles. The molecule has 2 rings (SSSR count). The monoisotopic (exact) mass is 233 g/mol. The lowest BCUT2D eigenvalue weighted by Crippen LogP contribution is -1.95. The maximum atomic E-state index is 5.66. The maximum absolute atomic E-state index is 5.66. The molecular weight excluding hydrogens is 222 g/mol. The summed E-state index contributed by atoms with van der Waals surface area (Å²) >= 11 is 5.66. The van der Waals surface area contributed by atoms with Crippen molar-refractivity contribution in [1.82, 2.24) is 10.2 Å². The maximum Gasteiger partial charge on any atom is 0.153 e. The van der Waals surface area contributed by atoms with Crippen LogP contribution in [0.3, 0.4) is 0 Å². The highest BCUT2D eigenvalue weighted by molar-refractivity contribution is 6.29. The van der Waals surface area contributed by atoms with Crippen LogP contribution in [0.2, 0.25) is 5.15 Å². The summed E-state index contributed by atoms with van der Waals surface area (Å²) in [5.74, 6) is 0.688. The van der Waals surface area contributed by atoms with E-state index in [-0.39, 0.29) is 0 Å². The van der Waals surface area contributed by atoms with Gasteiger partial charge in [-0.3, -0.25) is 0 Å². The van der Waals surface area contributed by atoms with E-state index in [2.05, 4.69) is 41.5 Å². The van der Waals surface area contributed by atoms with Crippen molar-refractivity contribution >= 4 is 23.1 Å². The minimum atomic E-state index is 0.394. The minimum absolute atomic E-state index is 0.394. The molecule has 0 saturated heterocycles. The Morgan fingerprint density at radius 2 is 1.81 bits per heavy atom. The van der Waals surface area contributed by atoms with Crippen LogP contribution in [-0.2, 0) is 0 Å². The predicted octanol–water partition coefficient (Wildman–Crippen LogP) is 3.49. The van der Waals surface area contributed by atoms with E-state index in [0.717, 1.165) is 5.69 Å². The van der Waals surface area contributed by atoms with E-state index in [4.69, 9.17) is 11.6 Å². The van der Waals surface area contributed by atoms with Gasteiger partial charge in [0.2, 0.25) is 0 Å². The van der Waals surface area contributed by atoms with Crippen molar-refractivity contribution in [1.29, 1.82) is 0 Å². The van der Waals surface area contributed by atoms with Gasteiger partial charge >= 0.3 is 0 Å². The summed E-state index contributed by atoms with van der Waals surface area (Å²) in [7, 11) is 0. The average molecular weight is 234 g/mol. The second-order valence-corrected chi connectivity index (χ2v) is 4.05. The summed E-state index contributed by atoms with van der Waals surface area (Å²) < 4.78 is 0. The number of aromatic nitrogens is 2. The van der Waals surface area contributed by atoms with E-state index in [9.17, 15) is 0 Å². The number of hydrogen-bond acceptors (Lipinski definition) is 3. The molecule has 0 aliphatic rings. The zero-order valence-corrected chi connectivity index (χ0v) is 9.92. The zero-order chi connectivity index (χ0) is 11.5. The molecular formula is C12H12ClN3. The standard InChI is InChI=1S/C12H12ClN3/c1-8-3-4-10(7-9(8)2)14-12-6-5-11(13)15-16-12/h3-7H,1-2H3,(H,14,16). The normalized spacial score (nSPS) is 10.2. The van der Waals surface area contributed by atoms with Crippen LogP contribution >= 0.6 is 11.6 Å². The van der Waals surface area contributed by atoms with Crippen LogP contribution in [0.15, 0.2) is 30.3 Å². The molecule has 4 heteroatoms. The largest absolute Gasteiger partial charge is 0.339 e. The lowest BCUT2D eigenvalue weighted by Gasteiger charge is -2.07. The third-order valence-electron chi connectivity index (χ3n) is 2.41. The van der Waals surface area contributed by atoms with E-state index in [0.29, 0.717) is 11.0 Å². The summed E-state index contributed by atoms with van der Waals surface area (Å²) in [6.07, 6.45) is 0. The molecule has 3 nitrogen and oxygen atoms in total.